The van der Waals surface area contributed by atoms with Crippen molar-refractivity contribution in [1.29, 1.82) is 0 Å². The number of nitrogens with two attached hydrogens (primary N) is 1. The second-order valence-electron chi connectivity index (χ2n) is 5.01. The number of benzene rings is 1. The van der Waals surface area contributed by atoms with Crippen molar-refractivity contribution in [1.82, 2.24) is 0 Å². The predicted octanol–water partition coefficient (Wildman–Crippen LogP) is 2.74. The number of hydrogen-bond donors (Lipinski definition) is 1. The molecule has 0 fully saturated rings. The lowest BCUT2D eigenvalue weighted by Gasteiger charge is -2.33. The Hall–Kier alpha value is -1.06. The highest BCUT2D eigenvalue weighted by Crippen LogP contribution is 2.34. The molecule has 16 heavy (non-hydrogen) atoms. The fourth-order valence-corrected chi connectivity index (χ4v) is 2.01. The first kappa shape index (κ1) is 11.4. The number of ether oxygens (including phenoxy) is 1. The third-order valence-corrected chi connectivity index (χ3v) is 3.14. The molecule has 0 saturated heterocycles. The van der Waals surface area contributed by atoms with Crippen molar-refractivity contribution in [2.45, 2.75) is 45.3 Å². The van der Waals surface area contributed by atoms with Crippen LogP contribution < -0.4 is 10.6 Å². The minimum absolute atomic E-state index is 0.0511. The first-order valence-corrected chi connectivity index (χ1v) is 5.69. The summed E-state index contributed by atoms with van der Waals surface area (Å²) < 4.78 is 5.92. The summed E-state index contributed by atoms with van der Waals surface area (Å²) in [5, 5.41) is 0. The highest BCUT2D eigenvalue weighted by Gasteiger charge is 2.26. The summed E-state index contributed by atoms with van der Waals surface area (Å²) >= 11 is 0. The summed E-state index contributed by atoms with van der Waals surface area (Å²) in [5.41, 5.74) is 2.30. The zero-order valence-electron chi connectivity index (χ0n) is 10.1. The van der Waals surface area contributed by atoms with Crippen molar-refractivity contribution < 1.29 is 9.57 Å². The fourth-order valence-electron chi connectivity index (χ4n) is 2.01. The van der Waals surface area contributed by atoms with E-state index < -0.39 is 0 Å². The Labute approximate surface area is 96.5 Å². The molecule has 1 atom stereocenters. The molecule has 1 aromatic carbocycles. The maximum absolute atomic E-state index is 5.92. The first-order valence-electron chi connectivity index (χ1n) is 5.69. The average molecular weight is 221 g/mol. The summed E-state index contributed by atoms with van der Waals surface area (Å²) in [5.74, 6) is 6.18. The van der Waals surface area contributed by atoms with Gasteiger partial charge >= 0.3 is 0 Å². The summed E-state index contributed by atoms with van der Waals surface area (Å²) in [4.78, 5) is 4.83. The molecule has 0 aromatic heterocycles. The molecule has 0 bridgehead atoms. The van der Waals surface area contributed by atoms with E-state index in [0.29, 0.717) is 0 Å². The Balaban J connectivity index is 2.28. The Morgan fingerprint density at radius 2 is 2.19 bits per heavy atom. The van der Waals surface area contributed by atoms with Crippen LogP contribution in [0.4, 0.5) is 0 Å². The van der Waals surface area contributed by atoms with Crippen LogP contribution in [0.5, 0.6) is 5.75 Å². The van der Waals surface area contributed by atoms with Crippen molar-refractivity contribution in [3.63, 3.8) is 0 Å². The molecule has 2 rings (SSSR count). The van der Waals surface area contributed by atoms with Gasteiger partial charge in [-0.05, 0) is 56.9 Å². The monoisotopic (exact) mass is 221 g/mol. The lowest BCUT2D eigenvalue weighted by molar-refractivity contribution is 0.0653. The normalized spacial score (nSPS) is 19.8. The van der Waals surface area contributed by atoms with Crippen LogP contribution in [0.2, 0.25) is 0 Å². The largest absolute Gasteiger partial charge is 0.488 e. The van der Waals surface area contributed by atoms with Crippen LogP contribution >= 0.6 is 0 Å². The minimum Gasteiger partial charge on any atom is -0.488 e. The summed E-state index contributed by atoms with van der Waals surface area (Å²) in [6, 6.07) is 6.15. The van der Waals surface area contributed by atoms with Crippen LogP contribution in [-0.2, 0) is 11.3 Å². The first-order chi connectivity index (χ1) is 7.52. The van der Waals surface area contributed by atoms with Gasteiger partial charge in [0, 0.05) is 0 Å². The maximum Gasteiger partial charge on any atom is 0.123 e. The molecule has 1 aromatic rings. The molecule has 0 spiro atoms. The SMILES string of the molecule is CC(ON)c1ccc2c(c1)CCC(C)(C)O2. The van der Waals surface area contributed by atoms with E-state index in [-0.39, 0.29) is 11.7 Å². The molecule has 0 radical (unpaired) electrons. The summed E-state index contributed by atoms with van der Waals surface area (Å²) in [6.07, 6.45) is 2.02. The summed E-state index contributed by atoms with van der Waals surface area (Å²) in [6.45, 7) is 6.18. The van der Waals surface area contributed by atoms with E-state index in [1.54, 1.807) is 0 Å². The van der Waals surface area contributed by atoms with Crippen LogP contribution in [0.15, 0.2) is 18.2 Å². The smallest absolute Gasteiger partial charge is 0.123 e. The number of rotatable bonds is 2. The van der Waals surface area contributed by atoms with Gasteiger partial charge in [0.15, 0.2) is 0 Å². The molecular weight excluding hydrogens is 202 g/mol. The van der Waals surface area contributed by atoms with E-state index in [1.807, 2.05) is 19.1 Å². The van der Waals surface area contributed by atoms with Crippen molar-refractivity contribution in [2.75, 3.05) is 0 Å². The third kappa shape index (κ3) is 2.20. The van der Waals surface area contributed by atoms with Gasteiger partial charge in [-0.25, -0.2) is 5.90 Å². The van der Waals surface area contributed by atoms with Gasteiger partial charge < -0.3 is 4.74 Å². The Morgan fingerprint density at radius 3 is 2.88 bits per heavy atom. The number of aryl methyl sites for hydroxylation is 1. The molecule has 1 aliphatic rings. The zero-order chi connectivity index (χ0) is 11.8. The minimum atomic E-state index is -0.0692. The molecule has 0 saturated carbocycles. The van der Waals surface area contributed by atoms with Gasteiger partial charge in [0.25, 0.3) is 0 Å². The van der Waals surface area contributed by atoms with E-state index in [0.717, 1.165) is 24.2 Å². The standard InChI is InChI=1S/C13H19NO2/c1-9(16-14)10-4-5-12-11(8-10)6-7-13(2,3)15-12/h4-5,8-9H,6-7,14H2,1-3H3. The van der Waals surface area contributed by atoms with Crippen molar-refractivity contribution >= 4 is 0 Å². The molecule has 3 nitrogen and oxygen atoms in total. The second kappa shape index (κ2) is 4.07. The molecule has 88 valence electrons. The quantitative estimate of drug-likeness (QED) is 0.781. The Kier molecular flexibility index (Phi) is 2.91. The third-order valence-electron chi connectivity index (χ3n) is 3.14. The topological polar surface area (TPSA) is 44.5 Å². The molecule has 3 heteroatoms. The van der Waals surface area contributed by atoms with E-state index >= 15 is 0 Å². The van der Waals surface area contributed by atoms with Gasteiger partial charge in [0.05, 0.1) is 0 Å². The molecule has 1 heterocycles. The van der Waals surface area contributed by atoms with Gasteiger partial charge in [-0.1, -0.05) is 6.07 Å². The summed E-state index contributed by atoms with van der Waals surface area (Å²) in [7, 11) is 0. The molecule has 1 aliphatic heterocycles. The van der Waals surface area contributed by atoms with Gasteiger partial charge in [-0.15, -0.1) is 0 Å². The van der Waals surface area contributed by atoms with Crippen molar-refractivity contribution in [2.24, 2.45) is 5.90 Å². The van der Waals surface area contributed by atoms with Crippen LogP contribution in [0.3, 0.4) is 0 Å². The molecule has 2 N–H and O–H groups in total. The Bertz CT molecular complexity index is 388. The van der Waals surface area contributed by atoms with Gasteiger partial charge in [-0.3, -0.25) is 4.84 Å². The van der Waals surface area contributed by atoms with Crippen LogP contribution in [-0.4, -0.2) is 5.60 Å². The van der Waals surface area contributed by atoms with Gasteiger partial charge in [0.2, 0.25) is 0 Å². The van der Waals surface area contributed by atoms with E-state index in [4.69, 9.17) is 15.5 Å². The van der Waals surface area contributed by atoms with Crippen molar-refractivity contribution in [3.8, 4) is 5.75 Å². The van der Waals surface area contributed by atoms with Gasteiger partial charge in [0.1, 0.15) is 17.5 Å². The fraction of sp³-hybridized carbons (Fsp3) is 0.538. The van der Waals surface area contributed by atoms with Crippen LogP contribution in [0.1, 0.15) is 44.4 Å². The molecule has 1 unspecified atom stereocenters. The molecular formula is C13H19NO2. The van der Waals surface area contributed by atoms with E-state index in [9.17, 15) is 0 Å². The highest BCUT2D eigenvalue weighted by molar-refractivity contribution is 5.40. The van der Waals surface area contributed by atoms with Crippen LogP contribution in [0.25, 0.3) is 0 Å². The predicted molar refractivity (Wildman–Crippen MR) is 63.2 cm³/mol. The van der Waals surface area contributed by atoms with E-state index in [1.165, 1.54) is 5.56 Å². The Morgan fingerprint density at radius 1 is 1.44 bits per heavy atom. The molecule has 0 amide bonds. The maximum atomic E-state index is 5.92. The number of hydrogen-bond acceptors (Lipinski definition) is 3. The number of fused-ring (bicyclic) bond motifs is 1. The molecule has 0 aliphatic carbocycles. The van der Waals surface area contributed by atoms with Crippen molar-refractivity contribution in [3.05, 3.63) is 29.3 Å². The van der Waals surface area contributed by atoms with Gasteiger partial charge in [-0.2, -0.15) is 0 Å². The second-order valence-corrected chi connectivity index (χ2v) is 5.01. The van der Waals surface area contributed by atoms with Crippen LogP contribution in [0, 0.1) is 0 Å². The zero-order valence-corrected chi connectivity index (χ0v) is 10.1. The lowest BCUT2D eigenvalue weighted by atomic mass is 9.93. The van der Waals surface area contributed by atoms with E-state index in [2.05, 4.69) is 19.9 Å². The highest BCUT2D eigenvalue weighted by atomic mass is 16.6. The lowest BCUT2D eigenvalue weighted by Crippen LogP contribution is -2.32. The average Bonchev–Trinajstić information content (AvgIpc) is 2.26.